The highest BCUT2D eigenvalue weighted by atomic mass is 16.2. The number of carbonyl (C=O) groups is 2. The van der Waals surface area contributed by atoms with E-state index >= 15 is 0 Å². The van der Waals surface area contributed by atoms with E-state index in [2.05, 4.69) is 6.07 Å². The Morgan fingerprint density at radius 2 is 2.24 bits per heavy atom. The summed E-state index contributed by atoms with van der Waals surface area (Å²) in [5.74, 6) is 0.270. The Morgan fingerprint density at radius 1 is 1.41 bits per heavy atom. The lowest BCUT2D eigenvalue weighted by atomic mass is 10.1. The first-order valence-corrected chi connectivity index (χ1v) is 6.00. The van der Waals surface area contributed by atoms with Gasteiger partial charge < -0.3 is 4.90 Å². The largest absolute Gasteiger partial charge is 0.335 e. The SMILES string of the molecule is Cc1cccc(CCC(=O)N2CCC(=O)C2)c1. The summed E-state index contributed by atoms with van der Waals surface area (Å²) in [4.78, 5) is 24.6. The molecule has 1 heterocycles. The number of rotatable bonds is 3. The molecule has 1 aliphatic rings. The third-order valence-electron chi connectivity index (χ3n) is 3.09. The van der Waals surface area contributed by atoms with Crippen molar-refractivity contribution in [1.29, 1.82) is 0 Å². The molecule has 3 nitrogen and oxygen atoms in total. The van der Waals surface area contributed by atoms with Gasteiger partial charge in [-0.2, -0.15) is 0 Å². The van der Waals surface area contributed by atoms with Gasteiger partial charge in [-0.15, -0.1) is 0 Å². The maximum absolute atomic E-state index is 11.8. The Bertz CT molecular complexity index is 440. The second kappa shape index (κ2) is 5.13. The predicted octanol–water partition coefficient (Wildman–Crippen LogP) is 1.73. The molecule has 3 heteroatoms. The van der Waals surface area contributed by atoms with Crippen LogP contribution in [0.25, 0.3) is 0 Å². The van der Waals surface area contributed by atoms with E-state index < -0.39 is 0 Å². The molecule has 1 saturated heterocycles. The number of benzene rings is 1. The number of aryl methyl sites for hydroxylation is 2. The molecule has 1 aliphatic heterocycles. The van der Waals surface area contributed by atoms with Gasteiger partial charge in [0.25, 0.3) is 0 Å². The van der Waals surface area contributed by atoms with E-state index in [4.69, 9.17) is 0 Å². The fourth-order valence-electron chi connectivity index (χ4n) is 2.12. The Morgan fingerprint density at radius 3 is 2.88 bits per heavy atom. The summed E-state index contributed by atoms with van der Waals surface area (Å²) in [6.45, 7) is 2.96. The minimum atomic E-state index is 0.0948. The van der Waals surface area contributed by atoms with E-state index in [9.17, 15) is 9.59 Å². The monoisotopic (exact) mass is 231 g/mol. The van der Waals surface area contributed by atoms with Crippen molar-refractivity contribution in [2.24, 2.45) is 0 Å². The Kier molecular flexibility index (Phi) is 3.57. The average Bonchev–Trinajstić information content (AvgIpc) is 2.73. The number of hydrogen-bond donors (Lipinski definition) is 0. The molecular weight excluding hydrogens is 214 g/mol. The average molecular weight is 231 g/mol. The zero-order chi connectivity index (χ0) is 12.3. The molecule has 2 rings (SSSR count). The topological polar surface area (TPSA) is 37.4 Å². The van der Waals surface area contributed by atoms with Gasteiger partial charge >= 0.3 is 0 Å². The highest BCUT2D eigenvalue weighted by Crippen LogP contribution is 2.10. The maximum Gasteiger partial charge on any atom is 0.223 e. The lowest BCUT2D eigenvalue weighted by Gasteiger charge is -2.14. The predicted molar refractivity (Wildman–Crippen MR) is 65.7 cm³/mol. The minimum absolute atomic E-state index is 0.0948. The van der Waals surface area contributed by atoms with Gasteiger partial charge in [-0.25, -0.2) is 0 Å². The summed E-state index contributed by atoms with van der Waals surface area (Å²) in [5, 5.41) is 0. The number of nitrogens with zero attached hydrogens (tertiary/aromatic N) is 1. The number of likely N-dealkylation sites (tertiary alicyclic amines) is 1. The summed E-state index contributed by atoms with van der Waals surface area (Å²) in [7, 11) is 0. The van der Waals surface area contributed by atoms with Crippen LogP contribution in [-0.2, 0) is 16.0 Å². The quantitative estimate of drug-likeness (QED) is 0.794. The van der Waals surface area contributed by atoms with Gasteiger partial charge in [-0.3, -0.25) is 9.59 Å². The second-order valence-corrected chi connectivity index (χ2v) is 4.59. The van der Waals surface area contributed by atoms with Gasteiger partial charge in [0.2, 0.25) is 5.91 Å². The molecule has 0 spiro atoms. The smallest absolute Gasteiger partial charge is 0.223 e. The van der Waals surface area contributed by atoms with E-state index in [-0.39, 0.29) is 11.7 Å². The standard InChI is InChI=1S/C14H17NO2/c1-11-3-2-4-12(9-11)5-6-14(17)15-8-7-13(16)10-15/h2-4,9H,5-8,10H2,1H3. The second-order valence-electron chi connectivity index (χ2n) is 4.59. The van der Waals surface area contributed by atoms with Crippen molar-refractivity contribution in [1.82, 2.24) is 4.90 Å². The summed E-state index contributed by atoms with van der Waals surface area (Å²) in [6.07, 6.45) is 1.78. The molecular formula is C14H17NO2. The van der Waals surface area contributed by atoms with Crippen molar-refractivity contribution in [2.45, 2.75) is 26.2 Å². The molecule has 1 aromatic carbocycles. The molecule has 1 amide bonds. The van der Waals surface area contributed by atoms with Crippen LogP contribution in [0, 0.1) is 6.92 Å². The van der Waals surface area contributed by atoms with Crippen molar-refractivity contribution in [3.05, 3.63) is 35.4 Å². The van der Waals surface area contributed by atoms with Crippen LogP contribution in [-0.4, -0.2) is 29.7 Å². The van der Waals surface area contributed by atoms with E-state index in [1.165, 1.54) is 11.1 Å². The third-order valence-corrected chi connectivity index (χ3v) is 3.09. The first kappa shape index (κ1) is 11.8. The zero-order valence-corrected chi connectivity index (χ0v) is 10.1. The zero-order valence-electron chi connectivity index (χ0n) is 10.1. The van der Waals surface area contributed by atoms with E-state index in [1.807, 2.05) is 25.1 Å². The minimum Gasteiger partial charge on any atom is -0.335 e. The molecule has 0 aromatic heterocycles. The number of ketones is 1. The molecule has 0 N–H and O–H groups in total. The van der Waals surface area contributed by atoms with Gasteiger partial charge in [0.1, 0.15) is 0 Å². The lowest BCUT2D eigenvalue weighted by molar-refractivity contribution is -0.131. The van der Waals surface area contributed by atoms with Gasteiger partial charge in [0.05, 0.1) is 6.54 Å². The summed E-state index contributed by atoms with van der Waals surface area (Å²) in [6, 6.07) is 8.19. The van der Waals surface area contributed by atoms with Crippen molar-refractivity contribution in [3.63, 3.8) is 0 Å². The Labute approximate surface area is 101 Å². The molecule has 90 valence electrons. The molecule has 0 bridgehead atoms. The van der Waals surface area contributed by atoms with Gasteiger partial charge in [-0.1, -0.05) is 29.8 Å². The van der Waals surface area contributed by atoms with Gasteiger partial charge in [0.15, 0.2) is 5.78 Å². The molecule has 0 atom stereocenters. The van der Waals surface area contributed by atoms with Crippen LogP contribution in [0.15, 0.2) is 24.3 Å². The molecule has 0 radical (unpaired) electrons. The normalized spacial score (nSPS) is 15.4. The van der Waals surface area contributed by atoms with Crippen molar-refractivity contribution < 1.29 is 9.59 Å². The van der Waals surface area contributed by atoms with Crippen LogP contribution in [0.3, 0.4) is 0 Å². The molecule has 0 aliphatic carbocycles. The first-order chi connectivity index (χ1) is 8.15. The van der Waals surface area contributed by atoms with Crippen LogP contribution < -0.4 is 0 Å². The van der Waals surface area contributed by atoms with Crippen LogP contribution in [0.2, 0.25) is 0 Å². The summed E-state index contributed by atoms with van der Waals surface area (Å²) in [5.41, 5.74) is 2.40. The molecule has 17 heavy (non-hydrogen) atoms. The van der Waals surface area contributed by atoms with Crippen molar-refractivity contribution in [3.8, 4) is 0 Å². The first-order valence-electron chi connectivity index (χ1n) is 6.00. The van der Waals surface area contributed by atoms with E-state index in [1.54, 1.807) is 4.90 Å². The third kappa shape index (κ3) is 3.16. The van der Waals surface area contributed by atoms with E-state index in [0.717, 1.165) is 6.42 Å². The number of Topliss-reactive ketones (excluding diaryl/α,β-unsaturated/α-hetero) is 1. The number of carbonyl (C=O) groups excluding carboxylic acids is 2. The van der Waals surface area contributed by atoms with Crippen LogP contribution in [0.1, 0.15) is 24.0 Å². The lowest BCUT2D eigenvalue weighted by Crippen LogP contribution is -2.28. The molecule has 1 aromatic rings. The Hall–Kier alpha value is -1.64. The maximum atomic E-state index is 11.8. The molecule has 0 unspecified atom stereocenters. The highest BCUT2D eigenvalue weighted by Gasteiger charge is 2.23. The fraction of sp³-hybridized carbons (Fsp3) is 0.429. The van der Waals surface area contributed by atoms with Gasteiger partial charge in [0, 0.05) is 19.4 Å². The van der Waals surface area contributed by atoms with Gasteiger partial charge in [-0.05, 0) is 18.9 Å². The van der Waals surface area contributed by atoms with Crippen LogP contribution in [0.5, 0.6) is 0 Å². The van der Waals surface area contributed by atoms with Crippen molar-refractivity contribution >= 4 is 11.7 Å². The summed E-state index contributed by atoms with van der Waals surface area (Å²) < 4.78 is 0. The highest BCUT2D eigenvalue weighted by molar-refractivity contribution is 5.89. The fourth-order valence-corrected chi connectivity index (χ4v) is 2.12. The van der Waals surface area contributed by atoms with Crippen molar-refractivity contribution in [2.75, 3.05) is 13.1 Å². The van der Waals surface area contributed by atoms with E-state index in [0.29, 0.717) is 25.9 Å². The van der Waals surface area contributed by atoms with Crippen LogP contribution >= 0.6 is 0 Å². The number of hydrogen-bond acceptors (Lipinski definition) is 2. The molecule has 0 saturated carbocycles. The van der Waals surface area contributed by atoms with Crippen LogP contribution in [0.4, 0.5) is 0 Å². The Balaban J connectivity index is 1.86. The molecule has 1 fully saturated rings. The number of amides is 1. The summed E-state index contributed by atoms with van der Waals surface area (Å²) >= 11 is 0.